The molecule has 0 bridgehead atoms. The maximum Gasteiger partial charge on any atom is 0.282 e. The predicted molar refractivity (Wildman–Crippen MR) is 114 cm³/mol. The van der Waals surface area contributed by atoms with Gasteiger partial charge in [-0.15, -0.1) is 0 Å². The fourth-order valence-corrected chi connectivity index (χ4v) is 5.48. The van der Waals surface area contributed by atoms with Gasteiger partial charge in [-0.1, -0.05) is 18.6 Å². The number of anilines is 1. The largest absolute Gasteiger partial charge is 0.292 e. The molecule has 1 amide bonds. The van der Waals surface area contributed by atoms with Gasteiger partial charge in [-0.2, -0.15) is 17.0 Å². The Labute approximate surface area is 181 Å². The number of piperidine rings is 1. The third-order valence-corrected chi connectivity index (χ3v) is 7.79. The summed E-state index contributed by atoms with van der Waals surface area (Å²) >= 11 is 0. The van der Waals surface area contributed by atoms with E-state index in [0.717, 1.165) is 18.4 Å². The monoisotopic (exact) mass is 447 g/mol. The number of hydrogen-bond acceptors (Lipinski definition) is 5. The molecule has 0 radical (unpaired) electrons. The minimum atomic E-state index is -3.64. The lowest BCUT2D eigenvalue weighted by molar-refractivity contribution is -0.117. The molecule has 1 aromatic carbocycles. The molecular formula is C21H26FN5O3S. The standard InChI is InChI=1S/C21H26FN5O3S/c1-14-17-12-19(28)26(13-15-7-6-8-16(22)11-15)21(17)24-20(23-14)18-9-4-5-10-27(18)31(29,30)25(2)3/h6-8,11,18H,4-5,9-10,12-13H2,1-3H3/t18-/m1/s1. The molecule has 1 saturated heterocycles. The van der Waals surface area contributed by atoms with Crippen LogP contribution in [0.1, 0.15) is 47.9 Å². The number of amides is 1. The summed E-state index contributed by atoms with van der Waals surface area (Å²) in [5, 5.41) is 0. The van der Waals surface area contributed by atoms with Gasteiger partial charge in [-0.3, -0.25) is 9.69 Å². The Bertz CT molecular complexity index is 1120. The van der Waals surface area contributed by atoms with Gasteiger partial charge in [0.1, 0.15) is 17.5 Å². The van der Waals surface area contributed by atoms with Crippen molar-refractivity contribution in [2.45, 2.75) is 45.2 Å². The summed E-state index contributed by atoms with van der Waals surface area (Å²) < 4.78 is 42.0. The molecular weight excluding hydrogens is 421 g/mol. The van der Waals surface area contributed by atoms with Crippen molar-refractivity contribution >= 4 is 21.9 Å². The first-order valence-corrected chi connectivity index (χ1v) is 11.7. The van der Waals surface area contributed by atoms with E-state index in [9.17, 15) is 17.6 Å². The minimum absolute atomic E-state index is 0.129. The lowest BCUT2D eigenvalue weighted by Gasteiger charge is -2.35. The molecule has 4 rings (SSSR count). The summed E-state index contributed by atoms with van der Waals surface area (Å²) in [4.78, 5) is 23.6. The Hall–Kier alpha value is -2.43. The van der Waals surface area contributed by atoms with Crippen LogP contribution in [0, 0.1) is 12.7 Å². The number of halogens is 1. The van der Waals surface area contributed by atoms with Crippen molar-refractivity contribution in [1.29, 1.82) is 0 Å². The normalized spacial score (nSPS) is 19.8. The van der Waals surface area contributed by atoms with E-state index in [1.54, 1.807) is 12.1 Å². The topological polar surface area (TPSA) is 86.7 Å². The zero-order valence-corrected chi connectivity index (χ0v) is 18.7. The molecule has 0 spiro atoms. The quantitative estimate of drug-likeness (QED) is 0.702. The van der Waals surface area contributed by atoms with E-state index in [1.165, 1.54) is 39.7 Å². The van der Waals surface area contributed by atoms with E-state index in [1.807, 2.05) is 6.92 Å². The second kappa shape index (κ2) is 8.25. The van der Waals surface area contributed by atoms with Crippen LogP contribution in [-0.4, -0.2) is 53.5 Å². The fourth-order valence-electron chi connectivity index (χ4n) is 4.18. The number of aryl methyl sites for hydroxylation is 1. The average molecular weight is 448 g/mol. The first-order valence-electron chi connectivity index (χ1n) is 10.3. The lowest BCUT2D eigenvalue weighted by Crippen LogP contribution is -2.45. The highest BCUT2D eigenvalue weighted by Gasteiger charge is 2.38. The first kappa shape index (κ1) is 21.8. The molecule has 1 aromatic heterocycles. The molecule has 166 valence electrons. The van der Waals surface area contributed by atoms with Crippen LogP contribution in [0.2, 0.25) is 0 Å². The zero-order valence-electron chi connectivity index (χ0n) is 17.9. The molecule has 31 heavy (non-hydrogen) atoms. The molecule has 10 heteroatoms. The molecule has 0 N–H and O–H groups in total. The van der Waals surface area contributed by atoms with Crippen LogP contribution in [0.15, 0.2) is 24.3 Å². The van der Waals surface area contributed by atoms with Crippen LogP contribution in [-0.2, 0) is 28.0 Å². The first-order chi connectivity index (χ1) is 14.7. The van der Waals surface area contributed by atoms with E-state index < -0.39 is 16.3 Å². The highest BCUT2D eigenvalue weighted by atomic mass is 32.2. The number of carbonyl (C=O) groups is 1. The van der Waals surface area contributed by atoms with Crippen molar-refractivity contribution in [3.05, 3.63) is 52.7 Å². The SMILES string of the molecule is Cc1nc([C@H]2CCCCN2S(=O)(=O)N(C)C)nc2c1CC(=O)N2Cc1cccc(F)c1. The number of fused-ring (bicyclic) bond motifs is 1. The van der Waals surface area contributed by atoms with Crippen molar-refractivity contribution in [2.75, 3.05) is 25.5 Å². The molecule has 8 nitrogen and oxygen atoms in total. The molecule has 1 atom stereocenters. The number of hydrogen-bond donors (Lipinski definition) is 0. The van der Waals surface area contributed by atoms with Gasteiger partial charge < -0.3 is 0 Å². The number of carbonyl (C=O) groups excluding carboxylic acids is 1. The Balaban J connectivity index is 1.73. The maximum atomic E-state index is 13.6. The number of aromatic nitrogens is 2. The number of benzene rings is 1. The summed E-state index contributed by atoms with van der Waals surface area (Å²) in [5.74, 6) is 0.399. The van der Waals surface area contributed by atoms with Crippen LogP contribution in [0.4, 0.5) is 10.2 Å². The van der Waals surface area contributed by atoms with E-state index in [-0.39, 0.29) is 24.7 Å². The summed E-state index contributed by atoms with van der Waals surface area (Å²) in [6.45, 7) is 2.41. The van der Waals surface area contributed by atoms with Gasteiger partial charge in [0, 0.05) is 31.9 Å². The van der Waals surface area contributed by atoms with Gasteiger partial charge in [0.2, 0.25) is 5.91 Å². The summed E-state index contributed by atoms with van der Waals surface area (Å²) in [6.07, 6.45) is 2.44. The van der Waals surface area contributed by atoms with Gasteiger partial charge in [0.25, 0.3) is 10.2 Å². The van der Waals surface area contributed by atoms with E-state index >= 15 is 0 Å². The van der Waals surface area contributed by atoms with Crippen molar-refractivity contribution in [3.63, 3.8) is 0 Å². The molecule has 3 heterocycles. The van der Waals surface area contributed by atoms with Gasteiger partial charge >= 0.3 is 0 Å². The molecule has 2 aliphatic rings. The van der Waals surface area contributed by atoms with Crippen LogP contribution in [0.3, 0.4) is 0 Å². The zero-order chi connectivity index (χ0) is 22.3. The minimum Gasteiger partial charge on any atom is -0.292 e. The highest BCUT2D eigenvalue weighted by molar-refractivity contribution is 7.86. The lowest BCUT2D eigenvalue weighted by atomic mass is 10.0. The van der Waals surface area contributed by atoms with Crippen LogP contribution < -0.4 is 4.90 Å². The third kappa shape index (κ3) is 4.07. The molecule has 0 saturated carbocycles. The van der Waals surface area contributed by atoms with Crippen LogP contribution in [0.5, 0.6) is 0 Å². The number of nitrogens with zero attached hydrogens (tertiary/aromatic N) is 5. The smallest absolute Gasteiger partial charge is 0.282 e. The Morgan fingerprint density at radius 1 is 1.23 bits per heavy atom. The average Bonchev–Trinajstić information content (AvgIpc) is 3.04. The van der Waals surface area contributed by atoms with Crippen LogP contribution in [0.25, 0.3) is 0 Å². The van der Waals surface area contributed by atoms with Gasteiger partial charge in [0.15, 0.2) is 0 Å². The van der Waals surface area contributed by atoms with Crippen molar-refractivity contribution < 1.29 is 17.6 Å². The summed E-state index contributed by atoms with van der Waals surface area (Å²) in [5.41, 5.74) is 2.07. The molecule has 1 fully saturated rings. The van der Waals surface area contributed by atoms with Gasteiger partial charge in [-0.05, 0) is 37.5 Å². The second-order valence-corrected chi connectivity index (χ2v) is 10.3. The van der Waals surface area contributed by atoms with E-state index in [2.05, 4.69) is 9.97 Å². The molecule has 0 unspecified atom stereocenters. The fraction of sp³-hybridized carbons (Fsp3) is 0.476. The molecule has 2 aliphatic heterocycles. The third-order valence-electron chi connectivity index (χ3n) is 5.83. The molecule has 2 aromatic rings. The molecule has 0 aliphatic carbocycles. The highest BCUT2D eigenvalue weighted by Crippen LogP contribution is 2.36. The van der Waals surface area contributed by atoms with Gasteiger partial charge in [0.05, 0.1) is 19.0 Å². The summed E-state index contributed by atoms with van der Waals surface area (Å²) in [6, 6.07) is 5.63. The van der Waals surface area contributed by atoms with E-state index in [0.29, 0.717) is 35.9 Å². The maximum absolute atomic E-state index is 13.6. The Kier molecular flexibility index (Phi) is 5.80. The van der Waals surface area contributed by atoms with E-state index in [4.69, 9.17) is 0 Å². The second-order valence-electron chi connectivity index (χ2n) is 8.17. The van der Waals surface area contributed by atoms with Gasteiger partial charge in [-0.25, -0.2) is 14.4 Å². The van der Waals surface area contributed by atoms with Crippen molar-refractivity contribution in [1.82, 2.24) is 18.6 Å². The predicted octanol–water partition coefficient (Wildman–Crippen LogP) is 2.35. The Morgan fingerprint density at radius 3 is 2.71 bits per heavy atom. The summed E-state index contributed by atoms with van der Waals surface area (Å²) in [7, 11) is -0.619. The van der Waals surface area contributed by atoms with Crippen molar-refractivity contribution in [2.24, 2.45) is 0 Å². The van der Waals surface area contributed by atoms with Crippen LogP contribution >= 0.6 is 0 Å². The number of rotatable bonds is 5. The van der Waals surface area contributed by atoms with Crippen molar-refractivity contribution in [3.8, 4) is 0 Å². The Morgan fingerprint density at radius 2 is 2.00 bits per heavy atom.